The van der Waals surface area contributed by atoms with E-state index < -0.39 is 24.3 Å². The summed E-state index contributed by atoms with van der Waals surface area (Å²) in [6.45, 7) is 10.4. The van der Waals surface area contributed by atoms with Crippen molar-refractivity contribution in [3.05, 3.63) is 64.6 Å². The molecule has 58 heavy (non-hydrogen) atoms. The molecule has 2 aliphatic carbocycles. The van der Waals surface area contributed by atoms with Crippen LogP contribution >= 0.6 is 0 Å². The van der Waals surface area contributed by atoms with Crippen molar-refractivity contribution in [3.8, 4) is 0 Å². The molecule has 0 aromatic carbocycles. The zero-order valence-electron chi connectivity index (χ0n) is 34.3. The van der Waals surface area contributed by atoms with Gasteiger partial charge in [0.05, 0.1) is 50.6 Å². The number of aliphatic imine (C=N–C) groups is 1. The van der Waals surface area contributed by atoms with E-state index in [1.54, 1.807) is 0 Å². The van der Waals surface area contributed by atoms with Gasteiger partial charge in [-0.2, -0.15) is 0 Å². The number of imidazole rings is 1. The van der Waals surface area contributed by atoms with Crippen LogP contribution in [0, 0.1) is 11.8 Å². The smallest absolute Gasteiger partial charge is 0.407 e. The maximum Gasteiger partial charge on any atom is 0.407 e. The highest BCUT2D eigenvalue weighted by atomic mass is 16.5. The minimum Gasteiger partial charge on any atom is -0.482 e. The number of amides is 4. The average Bonchev–Trinajstić information content (AvgIpc) is 4.07. The molecule has 4 saturated heterocycles. The van der Waals surface area contributed by atoms with E-state index in [0.717, 1.165) is 73.9 Å². The third-order valence-electron chi connectivity index (χ3n) is 12.8. The number of aromatic amines is 1. The lowest BCUT2D eigenvalue weighted by Crippen LogP contribution is -2.55. The Kier molecular flexibility index (Phi) is 11.0. The van der Waals surface area contributed by atoms with Crippen LogP contribution in [0.4, 0.5) is 9.59 Å². The standard InChI is InChI=1S/C42H57N9O7/c1-22(2)34(47-41(54)56-5)39(52)50-16-7-9-30(50)37-43-20-27(45-37)24-11-13-29-33(19-24)58-32-14-12-25(26-15-18-49(29)36(26)32)28-21-44-38(46-28)31-10-8-17-51(31)40(53)35(23(3)4)48-42(55)57-6/h12-14,19-20,22-24,28,30-32,34-36H,7-11,15-18,21H2,1-6H3,(H,43,45)(H,44,46)(H,47,54)(H,48,55). The van der Waals surface area contributed by atoms with Crippen molar-refractivity contribution in [2.45, 2.75) is 114 Å². The number of nitrogens with one attached hydrogen (secondary N) is 4. The zero-order valence-corrected chi connectivity index (χ0v) is 34.3. The lowest BCUT2D eigenvalue weighted by atomic mass is 9.85. The average molecular weight is 800 g/mol. The number of fused-ring (bicyclic) bond motifs is 2. The Morgan fingerprint density at radius 2 is 1.57 bits per heavy atom. The first-order chi connectivity index (χ1) is 28.0. The summed E-state index contributed by atoms with van der Waals surface area (Å²) in [5.41, 5.74) is 4.73. The van der Waals surface area contributed by atoms with Crippen LogP contribution in [0.25, 0.3) is 0 Å². The molecule has 4 N–H and O–H groups in total. The largest absolute Gasteiger partial charge is 0.482 e. The Morgan fingerprint density at radius 1 is 0.914 bits per heavy atom. The minimum atomic E-state index is -0.686. The molecule has 1 aromatic heterocycles. The molecule has 312 valence electrons. The van der Waals surface area contributed by atoms with Crippen LogP contribution in [0.5, 0.6) is 0 Å². The fourth-order valence-electron chi connectivity index (χ4n) is 9.86. The summed E-state index contributed by atoms with van der Waals surface area (Å²) in [5.74, 6) is 2.08. The van der Waals surface area contributed by atoms with Gasteiger partial charge in [-0.05, 0) is 73.7 Å². The Bertz CT molecular complexity index is 1970. The summed E-state index contributed by atoms with van der Waals surface area (Å²) in [5, 5.41) is 9.17. The van der Waals surface area contributed by atoms with Crippen LogP contribution in [0.2, 0.25) is 0 Å². The van der Waals surface area contributed by atoms with Gasteiger partial charge < -0.3 is 49.8 Å². The number of aromatic nitrogens is 2. The highest BCUT2D eigenvalue weighted by Gasteiger charge is 2.48. The van der Waals surface area contributed by atoms with Gasteiger partial charge in [0, 0.05) is 37.4 Å². The van der Waals surface area contributed by atoms with Gasteiger partial charge in [0.15, 0.2) is 0 Å². The van der Waals surface area contributed by atoms with Crippen LogP contribution in [0.1, 0.15) is 89.7 Å². The first-order valence-electron chi connectivity index (χ1n) is 20.9. The summed E-state index contributed by atoms with van der Waals surface area (Å²) in [4.78, 5) is 71.0. The number of alkyl carbamates (subject to hydrolysis) is 2. The van der Waals surface area contributed by atoms with Crippen LogP contribution in [0.15, 0.2) is 58.1 Å². The van der Waals surface area contributed by atoms with Crippen molar-refractivity contribution >= 4 is 29.8 Å². The molecule has 1 aromatic rings. The molecule has 8 unspecified atom stereocenters. The topological polar surface area (TPSA) is 183 Å². The normalized spacial score (nSPS) is 28.3. The molecule has 16 heteroatoms. The second kappa shape index (κ2) is 16.2. The van der Waals surface area contributed by atoms with E-state index in [-0.39, 0.29) is 59.8 Å². The van der Waals surface area contributed by atoms with E-state index in [4.69, 9.17) is 24.2 Å². The van der Waals surface area contributed by atoms with Crippen molar-refractivity contribution in [3.63, 3.8) is 0 Å². The van der Waals surface area contributed by atoms with E-state index in [1.165, 1.54) is 25.4 Å². The second-order valence-corrected chi connectivity index (χ2v) is 17.0. The predicted molar refractivity (Wildman–Crippen MR) is 214 cm³/mol. The van der Waals surface area contributed by atoms with E-state index in [9.17, 15) is 19.2 Å². The predicted octanol–water partition coefficient (Wildman–Crippen LogP) is 3.79. The Labute approximate surface area is 339 Å². The van der Waals surface area contributed by atoms with Gasteiger partial charge in [0.2, 0.25) is 11.8 Å². The summed E-state index contributed by atoms with van der Waals surface area (Å²) in [6.07, 6.45) is 14.5. The summed E-state index contributed by atoms with van der Waals surface area (Å²) in [6, 6.07) is -1.60. The fraction of sp³-hybridized carbons (Fsp3) is 0.619. The molecule has 0 bridgehead atoms. The Hall–Kier alpha value is -5.28. The third kappa shape index (κ3) is 7.23. The molecule has 5 aliphatic heterocycles. The number of amidine groups is 1. The summed E-state index contributed by atoms with van der Waals surface area (Å²) >= 11 is 0. The van der Waals surface area contributed by atoms with Crippen molar-refractivity contribution < 1.29 is 33.4 Å². The lowest BCUT2D eigenvalue weighted by Gasteiger charge is -2.44. The van der Waals surface area contributed by atoms with Crippen LogP contribution in [-0.4, -0.2) is 131 Å². The lowest BCUT2D eigenvalue weighted by molar-refractivity contribution is -0.135. The van der Waals surface area contributed by atoms with Gasteiger partial charge in [-0.1, -0.05) is 39.8 Å². The van der Waals surface area contributed by atoms with Crippen molar-refractivity contribution in [2.75, 3.05) is 40.4 Å². The number of ether oxygens (including phenoxy) is 3. The van der Waals surface area contributed by atoms with Crippen LogP contribution < -0.4 is 16.0 Å². The number of likely N-dealkylation sites (tertiary alicyclic amines) is 2. The number of carbonyl (C=O) groups is 4. The first-order valence-corrected chi connectivity index (χ1v) is 20.9. The number of hydrogen-bond acceptors (Lipinski definition) is 11. The van der Waals surface area contributed by atoms with Crippen LogP contribution in [-0.2, 0) is 23.8 Å². The van der Waals surface area contributed by atoms with Crippen LogP contribution in [0.3, 0.4) is 0 Å². The Morgan fingerprint density at radius 3 is 2.22 bits per heavy atom. The summed E-state index contributed by atoms with van der Waals surface area (Å²) in [7, 11) is 2.60. The van der Waals surface area contributed by atoms with E-state index >= 15 is 0 Å². The van der Waals surface area contributed by atoms with Gasteiger partial charge in [-0.3, -0.25) is 14.6 Å². The highest BCUT2D eigenvalue weighted by molar-refractivity contribution is 5.95. The number of H-pyrrole nitrogens is 1. The fourth-order valence-corrected chi connectivity index (χ4v) is 9.86. The molecule has 8 rings (SSSR count). The molecular formula is C42H57N9O7. The van der Waals surface area contributed by atoms with E-state index in [0.29, 0.717) is 19.6 Å². The number of carbonyl (C=O) groups excluding carboxylic acids is 4. The molecule has 6 heterocycles. The van der Waals surface area contributed by atoms with E-state index in [1.807, 2.05) is 43.7 Å². The molecule has 8 atom stereocenters. The number of morpholine rings is 1. The van der Waals surface area contributed by atoms with Gasteiger partial charge in [0.25, 0.3) is 0 Å². The number of hydrogen-bond donors (Lipinski definition) is 4. The molecule has 0 spiro atoms. The van der Waals surface area contributed by atoms with E-state index in [2.05, 4.69) is 50.1 Å². The quantitative estimate of drug-likeness (QED) is 0.272. The van der Waals surface area contributed by atoms with Gasteiger partial charge in [-0.25, -0.2) is 14.6 Å². The van der Waals surface area contributed by atoms with Crippen molar-refractivity contribution in [1.29, 1.82) is 0 Å². The van der Waals surface area contributed by atoms with Crippen molar-refractivity contribution in [2.24, 2.45) is 16.8 Å². The summed E-state index contributed by atoms with van der Waals surface area (Å²) < 4.78 is 16.4. The number of allylic oxidation sites excluding steroid dienone is 2. The molecule has 4 fully saturated rings. The number of rotatable bonds is 10. The van der Waals surface area contributed by atoms with Gasteiger partial charge in [0.1, 0.15) is 35.6 Å². The number of methoxy groups -OCH3 is 2. The third-order valence-corrected chi connectivity index (χ3v) is 12.8. The highest BCUT2D eigenvalue weighted by Crippen LogP contribution is 2.46. The molecule has 0 saturated carbocycles. The molecule has 7 aliphatic rings. The zero-order chi connectivity index (χ0) is 40.8. The maximum absolute atomic E-state index is 13.7. The first kappa shape index (κ1) is 39.5. The molecule has 0 radical (unpaired) electrons. The molecule has 16 nitrogen and oxygen atoms in total. The minimum absolute atomic E-state index is 0.0106. The number of nitrogens with zero attached hydrogens (tertiary/aromatic N) is 5. The maximum atomic E-state index is 13.7. The second-order valence-electron chi connectivity index (χ2n) is 17.0. The molecular weight excluding hydrogens is 743 g/mol. The van der Waals surface area contributed by atoms with Crippen molar-refractivity contribution in [1.82, 2.24) is 40.6 Å². The van der Waals surface area contributed by atoms with Gasteiger partial charge >= 0.3 is 12.2 Å². The molecule has 4 amide bonds. The van der Waals surface area contributed by atoms with Gasteiger partial charge in [-0.15, -0.1) is 0 Å². The Balaban J connectivity index is 0.924. The monoisotopic (exact) mass is 799 g/mol. The SMILES string of the molecule is COC(=O)NC(C(=O)N1CCCC1C1=NCC(C2=C3CCN4C5=CCC(c6cnc(C7CCCN7C(=O)C(NC(=O)OC)C(C)C)[nH]6)C=C5OC(C=C2)C34)N1)C(C)C.